The highest BCUT2D eigenvalue weighted by Gasteiger charge is 2.26. The summed E-state index contributed by atoms with van der Waals surface area (Å²) < 4.78 is 14.9. The van der Waals surface area contributed by atoms with E-state index in [0.29, 0.717) is 12.8 Å². The molecule has 0 radical (unpaired) electrons. The van der Waals surface area contributed by atoms with Crippen LogP contribution in [0.4, 0.5) is 0 Å². The van der Waals surface area contributed by atoms with Crippen molar-refractivity contribution in [2.24, 2.45) is 0 Å². The molecule has 0 bridgehead atoms. The minimum absolute atomic E-state index is 0.0526. The van der Waals surface area contributed by atoms with Crippen LogP contribution >= 0.6 is 0 Å². The second-order valence-corrected chi connectivity index (χ2v) is 4.87. The predicted octanol–water partition coefficient (Wildman–Crippen LogP) is 2.67. The lowest BCUT2D eigenvalue weighted by Gasteiger charge is -2.17. The molecule has 0 spiro atoms. The van der Waals surface area contributed by atoms with Crippen molar-refractivity contribution in [3.63, 3.8) is 0 Å². The smallest absolute Gasteiger partial charge is 0.352 e. The van der Waals surface area contributed by atoms with Gasteiger partial charge in [-0.1, -0.05) is 32.1 Å². The molecular formula is C17H20O6. The summed E-state index contributed by atoms with van der Waals surface area (Å²) in [4.78, 5) is 35.5. The van der Waals surface area contributed by atoms with Gasteiger partial charge in [-0.25, -0.2) is 14.4 Å². The Bertz CT molecular complexity index is 605. The van der Waals surface area contributed by atoms with E-state index in [9.17, 15) is 14.4 Å². The summed E-state index contributed by atoms with van der Waals surface area (Å²) in [6, 6.07) is 6.18. The molecule has 1 aromatic rings. The summed E-state index contributed by atoms with van der Waals surface area (Å²) in [5.41, 5.74) is 0.304. The molecule has 1 aromatic carbocycles. The van der Waals surface area contributed by atoms with Crippen LogP contribution in [0.25, 0.3) is 0 Å². The number of carbonyl (C=O) groups excluding carboxylic acids is 3. The van der Waals surface area contributed by atoms with E-state index in [0.717, 1.165) is 0 Å². The van der Waals surface area contributed by atoms with E-state index in [4.69, 9.17) is 9.47 Å². The maximum Gasteiger partial charge on any atom is 0.352 e. The first-order chi connectivity index (χ1) is 10.9. The van der Waals surface area contributed by atoms with E-state index in [2.05, 4.69) is 11.3 Å². The summed E-state index contributed by atoms with van der Waals surface area (Å²) in [6.45, 7) is 6.81. The van der Waals surface area contributed by atoms with E-state index in [1.807, 2.05) is 6.92 Å². The van der Waals surface area contributed by atoms with E-state index < -0.39 is 24.0 Å². The van der Waals surface area contributed by atoms with Crippen LogP contribution in [0, 0.1) is 0 Å². The lowest BCUT2D eigenvalue weighted by Crippen LogP contribution is -2.31. The molecule has 0 saturated heterocycles. The quantitative estimate of drug-likeness (QED) is 0.436. The van der Waals surface area contributed by atoms with Gasteiger partial charge in [-0.2, -0.15) is 0 Å². The molecule has 23 heavy (non-hydrogen) atoms. The molecule has 0 saturated carbocycles. The third-order valence-corrected chi connectivity index (χ3v) is 2.91. The van der Waals surface area contributed by atoms with Crippen LogP contribution in [-0.4, -0.2) is 31.1 Å². The largest absolute Gasteiger partial charge is 0.465 e. The zero-order valence-corrected chi connectivity index (χ0v) is 13.5. The lowest BCUT2D eigenvalue weighted by atomic mass is 10.2. The van der Waals surface area contributed by atoms with Crippen LogP contribution in [0.1, 0.15) is 37.0 Å². The van der Waals surface area contributed by atoms with Gasteiger partial charge < -0.3 is 14.2 Å². The Balaban J connectivity index is 2.93. The zero-order valence-electron chi connectivity index (χ0n) is 13.5. The van der Waals surface area contributed by atoms with Crippen molar-refractivity contribution in [1.82, 2.24) is 0 Å². The second kappa shape index (κ2) is 8.73. The van der Waals surface area contributed by atoms with Gasteiger partial charge in [0.15, 0.2) is 6.10 Å². The molecule has 0 aliphatic rings. The van der Waals surface area contributed by atoms with Gasteiger partial charge in [-0.05, 0) is 25.5 Å². The predicted molar refractivity (Wildman–Crippen MR) is 83.0 cm³/mol. The summed E-state index contributed by atoms with van der Waals surface area (Å²) in [5.74, 6) is -1.99. The minimum atomic E-state index is -1.06. The Morgan fingerprint density at radius 1 is 1.22 bits per heavy atom. The van der Waals surface area contributed by atoms with Crippen molar-refractivity contribution in [3.8, 4) is 5.75 Å². The molecule has 1 rings (SSSR count). The number of rotatable bonds is 7. The van der Waals surface area contributed by atoms with Crippen molar-refractivity contribution < 1.29 is 28.6 Å². The van der Waals surface area contributed by atoms with Gasteiger partial charge in [0.05, 0.1) is 7.11 Å². The number of carbonyl (C=O) groups is 3. The van der Waals surface area contributed by atoms with Crippen LogP contribution in [0.3, 0.4) is 0 Å². The first-order valence-corrected chi connectivity index (χ1v) is 7.16. The number of esters is 3. The highest BCUT2D eigenvalue weighted by atomic mass is 16.6. The first-order valence-electron chi connectivity index (χ1n) is 7.16. The maximum absolute atomic E-state index is 12.2. The molecule has 6 nitrogen and oxygen atoms in total. The monoisotopic (exact) mass is 320 g/mol. The van der Waals surface area contributed by atoms with E-state index in [1.165, 1.54) is 26.2 Å². The van der Waals surface area contributed by atoms with Gasteiger partial charge in [-0.3, -0.25) is 0 Å². The van der Waals surface area contributed by atoms with Crippen LogP contribution < -0.4 is 4.74 Å². The molecular weight excluding hydrogens is 300 g/mol. The number of ether oxygens (including phenoxy) is 3. The standard InChI is InChI=1S/C17H20O6/c1-5-8-14(23-15(18)11(2)3)17(20)22-13-10-7-6-9-12(13)16(19)21-4/h6-7,9-10,14H,2,5,8H2,1,3-4H3. The Morgan fingerprint density at radius 3 is 2.43 bits per heavy atom. The Morgan fingerprint density at radius 2 is 1.87 bits per heavy atom. The SMILES string of the molecule is C=C(C)C(=O)OC(CCC)C(=O)Oc1ccccc1C(=O)OC. The van der Waals surface area contributed by atoms with Gasteiger partial charge in [0, 0.05) is 5.57 Å². The van der Waals surface area contributed by atoms with Crippen LogP contribution in [0.2, 0.25) is 0 Å². The van der Waals surface area contributed by atoms with Gasteiger partial charge in [0.1, 0.15) is 11.3 Å². The zero-order chi connectivity index (χ0) is 17.4. The average Bonchev–Trinajstić information content (AvgIpc) is 2.53. The summed E-state index contributed by atoms with van der Waals surface area (Å²) in [7, 11) is 1.23. The van der Waals surface area contributed by atoms with Crippen molar-refractivity contribution in [1.29, 1.82) is 0 Å². The van der Waals surface area contributed by atoms with Crippen molar-refractivity contribution in [2.75, 3.05) is 7.11 Å². The maximum atomic E-state index is 12.2. The molecule has 124 valence electrons. The molecule has 6 heteroatoms. The topological polar surface area (TPSA) is 78.9 Å². The summed E-state index contributed by atoms with van der Waals surface area (Å²) in [6.07, 6.45) is -0.143. The number of hydrogen-bond donors (Lipinski definition) is 0. The third-order valence-electron chi connectivity index (χ3n) is 2.91. The molecule has 0 heterocycles. The van der Waals surface area contributed by atoms with E-state index in [-0.39, 0.29) is 16.9 Å². The van der Waals surface area contributed by atoms with Crippen LogP contribution in [0.15, 0.2) is 36.4 Å². The van der Waals surface area contributed by atoms with E-state index in [1.54, 1.807) is 12.1 Å². The van der Waals surface area contributed by atoms with Crippen LogP contribution in [-0.2, 0) is 19.1 Å². The summed E-state index contributed by atoms with van der Waals surface area (Å²) >= 11 is 0. The first kappa shape index (κ1) is 18.4. The third kappa shape index (κ3) is 5.25. The minimum Gasteiger partial charge on any atom is -0.465 e. The van der Waals surface area contributed by atoms with Gasteiger partial charge in [0.2, 0.25) is 0 Å². The normalized spacial score (nSPS) is 11.3. The number of benzene rings is 1. The van der Waals surface area contributed by atoms with Crippen molar-refractivity contribution in [3.05, 3.63) is 42.0 Å². The van der Waals surface area contributed by atoms with Crippen LogP contribution in [0.5, 0.6) is 5.75 Å². The molecule has 0 aliphatic heterocycles. The fourth-order valence-electron chi connectivity index (χ4n) is 1.73. The summed E-state index contributed by atoms with van der Waals surface area (Å²) in [5, 5.41) is 0. The molecule has 1 unspecified atom stereocenters. The second-order valence-electron chi connectivity index (χ2n) is 4.87. The molecule has 0 amide bonds. The fourth-order valence-corrected chi connectivity index (χ4v) is 1.73. The number of methoxy groups -OCH3 is 1. The van der Waals surface area contributed by atoms with Crippen molar-refractivity contribution in [2.45, 2.75) is 32.8 Å². The average molecular weight is 320 g/mol. The Kier molecular flexibility index (Phi) is 6.99. The molecule has 1 atom stereocenters. The number of hydrogen-bond acceptors (Lipinski definition) is 6. The highest BCUT2D eigenvalue weighted by Crippen LogP contribution is 2.20. The van der Waals surface area contributed by atoms with Gasteiger partial charge >= 0.3 is 17.9 Å². The number of para-hydroxylation sites is 1. The molecule has 0 aromatic heterocycles. The van der Waals surface area contributed by atoms with Gasteiger partial charge in [0.25, 0.3) is 0 Å². The Hall–Kier alpha value is -2.63. The van der Waals surface area contributed by atoms with E-state index >= 15 is 0 Å². The molecule has 0 aliphatic carbocycles. The molecule has 0 N–H and O–H groups in total. The van der Waals surface area contributed by atoms with Crippen molar-refractivity contribution >= 4 is 17.9 Å². The molecule has 0 fully saturated rings. The lowest BCUT2D eigenvalue weighted by molar-refractivity contribution is -0.159. The Labute approximate surface area is 135 Å². The fraction of sp³-hybridized carbons (Fsp3) is 0.353. The van der Waals surface area contributed by atoms with Gasteiger partial charge in [-0.15, -0.1) is 0 Å². The highest BCUT2D eigenvalue weighted by molar-refractivity contribution is 5.94.